The van der Waals surface area contributed by atoms with E-state index in [9.17, 15) is 0 Å². The molecule has 0 aromatic rings. The van der Waals surface area contributed by atoms with E-state index >= 15 is 0 Å². The van der Waals surface area contributed by atoms with Gasteiger partial charge in [0, 0.05) is 40.5 Å². The Balaban J connectivity index is 0. The normalized spacial score (nSPS) is 0. The van der Waals surface area contributed by atoms with Gasteiger partial charge in [-0.3, -0.25) is 0 Å². The molecular weight excluding hydrogens is 204 g/mol. The van der Waals surface area contributed by atoms with Crippen molar-refractivity contribution in [2.75, 3.05) is 0 Å². The van der Waals surface area contributed by atoms with Crippen LogP contribution in [-0.2, 0) is 40.5 Å². The van der Waals surface area contributed by atoms with Crippen LogP contribution in [-0.4, -0.2) is 8.41 Å². The minimum Gasteiger partial charge on any atom is -0.197 e. The zero-order valence-corrected chi connectivity index (χ0v) is 7.59. The minimum atomic E-state index is 0. The van der Waals surface area contributed by atoms with Gasteiger partial charge in [-0.15, -0.1) is 0 Å². The third-order valence-corrected chi connectivity index (χ3v) is 0. The predicted octanol–water partition coefficient (Wildman–Crippen LogP) is -1.08. The van der Waals surface area contributed by atoms with Crippen LogP contribution in [0.1, 0.15) is 0 Å². The first kappa shape index (κ1) is 42.9. The number of hydrogen-bond acceptors (Lipinski definition) is 0. The Labute approximate surface area is 62.2 Å². The van der Waals surface area contributed by atoms with Gasteiger partial charge in [0.2, 0.25) is 0 Å². The summed E-state index contributed by atoms with van der Waals surface area (Å²) in [7, 11) is 0. The van der Waals surface area contributed by atoms with E-state index in [1.165, 1.54) is 0 Å². The van der Waals surface area contributed by atoms with Crippen LogP contribution in [0, 0.1) is 0 Å². The smallest absolute Gasteiger partial charge is 0.0814 e. The summed E-state index contributed by atoms with van der Waals surface area (Å²) in [5, 5.41) is 0. The van der Waals surface area contributed by atoms with Gasteiger partial charge < -0.3 is 0 Å². The molecule has 4 heteroatoms. The molecule has 0 spiro atoms. The zero-order valence-electron chi connectivity index (χ0n) is 1.62. The van der Waals surface area contributed by atoms with Gasteiger partial charge in [0.05, 0.1) is 8.41 Å². The summed E-state index contributed by atoms with van der Waals surface area (Å²) in [6.07, 6.45) is 0. The van der Waals surface area contributed by atoms with Crippen molar-refractivity contribution in [3.8, 4) is 0 Å². The van der Waals surface area contributed by atoms with Gasteiger partial charge in [-0.05, 0) is 0 Å². The van der Waals surface area contributed by atoms with Crippen molar-refractivity contribution >= 4 is 21.9 Å². The molecule has 0 aromatic heterocycles. The summed E-state index contributed by atoms with van der Waals surface area (Å²) in [5.74, 6) is 0. The van der Waals surface area contributed by atoms with E-state index in [4.69, 9.17) is 0 Å². The molecule has 0 rings (SSSR count). The van der Waals surface area contributed by atoms with Gasteiger partial charge >= 0.3 is 0 Å². The van der Waals surface area contributed by atoms with Gasteiger partial charge in [0.1, 0.15) is 0 Å². The van der Waals surface area contributed by atoms with Gasteiger partial charge in [-0.25, -0.2) is 0 Å². The first-order valence-corrected chi connectivity index (χ1v) is 0. The van der Waals surface area contributed by atoms with E-state index in [0.717, 1.165) is 0 Å². The van der Waals surface area contributed by atoms with Gasteiger partial charge in [-0.2, -0.15) is 13.5 Å². The summed E-state index contributed by atoms with van der Waals surface area (Å²) in [5.41, 5.74) is 0. The Morgan fingerprint density at radius 2 is 1.00 bits per heavy atom. The summed E-state index contributed by atoms with van der Waals surface area (Å²) < 4.78 is 0. The van der Waals surface area contributed by atoms with Crippen LogP contribution in [0.4, 0.5) is 0 Å². The Bertz CT molecular complexity index is 8.00. The fourth-order valence-corrected chi connectivity index (χ4v) is 0. The van der Waals surface area contributed by atoms with Crippen molar-refractivity contribution in [1.82, 2.24) is 0 Å². The summed E-state index contributed by atoms with van der Waals surface area (Å²) in [4.78, 5) is 0. The topological polar surface area (TPSA) is 0 Å². The van der Waals surface area contributed by atoms with Crippen molar-refractivity contribution in [3.05, 3.63) is 0 Å². The molecule has 0 nitrogen and oxygen atoms in total. The second-order valence-corrected chi connectivity index (χ2v) is 0. The van der Waals surface area contributed by atoms with Crippen molar-refractivity contribution in [2.24, 2.45) is 0 Å². The van der Waals surface area contributed by atoms with Crippen LogP contribution in [0.15, 0.2) is 0 Å². The molecule has 0 amide bonds. The van der Waals surface area contributed by atoms with Crippen molar-refractivity contribution in [3.63, 3.8) is 0 Å². The van der Waals surface area contributed by atoms with Gasteiger partial charge in [0.15, 0.2) is 0 Å². The zero-order chi connectivity index (χ0) is 0. The van der Waals surface area contributed by atoms with Crippen LogP contribution in [0.25, 0.3) is 0 Å². The molecule has 0 fully saturated rings. The maximum absolute atomic E-state index is 0. The van der Waals surface area contributed by atoms with Gasteiger partial charge in [-0.1, -0.05) is 0 Å². The molecule has 0 radical (unpaired) electrons. The standard InChI is InChI=1S/BH3.Mo.H2S.Zn/h1H3;;1H2;. The molecule has 0 aromatic carbocycles. The molecule has 0 saturated carbocycles. The first-order chi connectivity index (χ1) is 0. The van der Waals surface area contributed by atoms with E-state index in [-0.39, 0.29) is 62.5 Å². The van der Waals surface area contributed by atoms with Crippen LogP contribution >= 0.6 is 13.5 Å². The molecule has 0 aliphatic rings. The summed E-state index contributed by atoms with van der Waals surface area (Å²) in [6.45, 7) is 0. The summed E-state index contributed by atoms with van der Waals surface area (Å²) in [6, 6.07) is 0. The van der Waals surface area contributed by atoms with E-state index in [2.05, 4.69) is 0 Å². The Hall–Kier alpha value is 1.73. The van der Waals surface area contributed by atoms with E-state index in [1.807, 2.05) is 0 Å². The largest absolute Gasteiger partial charge is 0.197 e. The maximum atomic E-state index is 0. The van der Waals surface area contributed by atoms with E-state index < -0.39 is 0 Å². The minimum absolute atomic E-state index is 0. The molecule has 22 valence electrons. The molecule has 0 aliphatic heterocycles. The van der Waals surface area contributed by atoms with E-state index in [1.54, 1.807) is 0 Å². The molecule has 0 bridgehead atoms. The fourth-order valence-electron chi connectivity index (χ4n) is 0. The van der Waals surface area contributed by atoms with E-state index in [0.29, 0.717) is 0 Å². The predicted molar refractivity (Wildman–Crippen MR) is 20.3 cm³/mol. The average Bonchev–Trinajstić information content (AvgIpc) is 0. The number of hydrogen-bond donors (Lipinski definition) is 0. The monoisotopic (exact) mass is 210 g/mol. The number of rotatable bonds is 0. The molecular formula is H5BMoSZn. The second kappa shape index (κ2) is 22.0. The molecule has 0 aliphatic carbocycles. The Morgan fingerprint density at radius 3 is 1.00 bits per heavy atom. The van der Waals surface area contributed by atoms with Crippen molar-refractivity contribution < 1.29 is 40.5 Å². The quantitative estimate of drug-likeness (QED) is 0.445. The molecule has 0 heterocycles. The third-order valence-electron chi connectivity index (χ3n) is 0. The average molecular weight is 209 g/mol. The third kappa shape index (κ3) is 9.29. The second-order valence-electron chi connectivity index (χ2n) is 0. The fraction of sp³-hybridized carbons (Fsp3) is 0. The van der Waals surface area contributed by atoms with Crippen molar-refractivity contribution in [2.45, 2.75) is 0 Å². The van der Waals surface area contributed by atoms with Crippen LogP contribution in [0.3, 0.4) is 0 Å². The maximum Gasteiger partial charge on any atom is 0.0814 e. The van der Waals surface area contributed by atoms with Crippen LogP contribution in [0.5, 0.6) is 0 Å². The first-order valence-electron chi connectivity index (χ1n) is 0. The Kier molecular flexibility index (Phi) is 236. The van der Waals surface area contributed by atoms with Gasteiger partial charge in [0.25, 0.3) is 0 Å². The van der Waals surface area contributed by atoms with Crippen molar-refractivity contribution in [1.29, 1.82) is 0 Å². The van der Waals surface area contributed by atoms with Crippen LogP contribution < -0.4 is 0 Å². The molecule has 0 atom stereocenters. The molecule has 0 unspecified atom stereocenters. The molecule has 4 heavy (non-hydrogen) atoms. The molecule has 0 N–H and O–H groups in total. The molecule has 0 saturated heterocycles. The SMILES string of the molecule is B.S.[Mo].[Zn]. The summed E-state index contributed by atoms with van der Waals surface area (Å²) >= 11 is 0. The Morgan fingerprint density at radius 1 is 1.00 bits per heavy atom. The van der Waals surface area contributed by atoms with Crippen LogP contribution in [0.2, 0.25) is 0 Å².